The molecule has 0 radical (unpaired) electrons. The van der Waals surface area contributed by atoms with Gasteiger partial charge in [-0.15, -0.1) is 0 Å². The molecule has 2 aromatic carbocycles. The van der Waals surface area contributed by atoms with E-state index in [2.05, 4.69) is 11.4 Å². The predicted octanol–water partition coefficient (Wildman–Crippen LogP) is 4.38. The van der Waals surface area contributed by atoms with E-state index in [0.29, 0.717) is 15.7 Å². The molecular formula is C22H23Cl2N3O2. The molecule has 1 N–H and O–H groups in total. The molecule has 29 heavy (non-hydrogen) atoms. The topological polar surface area (TPSA) is 52.7 Å². The maximum Gasteiger partial charge on any atom is 0.241 e. The molecule has 1 atom stereocenters. The second-order valence-corrected chi connectivity index (χ2v) is 8.36. The van der Waals surface area contributed by atoms with E-state index >= 15 is 0 Å². The standard InChI is InChI=1S/C22H23Cl2N3O2/c23-16-9-10-18(17(24)13-16)25-22(29)20-8-4-11-26(20)14-21(28)27-12-3-6-15-5-1-2-7-19(15)27/h1-2,5,7,9-10,13,20H,3-4,6,8,11-12,14H2,(H,25,29). The zero-order chi connectivity index (χ0) is 20.4. The van der Waals surface area contributed by atoms with Crippen LogP contribution in [-0.2, 0) is 16.0 Å². The fraction of sp³-hybridized carbons (Fsp3) is 0.364. The van der Waals surface area contributed by atoms with Gasteiger partial charge in [-0.1, -0.05) is 41.4 Å². The molecular weight excluding hydrogens is 409 g/mol. The van der Waals surface area contributed by atoms with Gasteiger partial charge in [0.1, 0.15) is 0 Å². The van der Waals surface area contributed by atoms with Crippen LogP contribution in [0.2, 0.25) is 10.0 Å². The van der Waals surface area contributed by atoms with E-state index in [-0.39, 0.29) is 24.4 Å². The van der Waals surface area contributed by atoms with E-state index in [0.717, 1.165) is 44.5 Å². The monoisotopic (exact) mass is 431 g/mol. The van der Waals surface area contributed by atoms with Gasteiger partial charge in [0.05, 0.1) is 23.3 Å². The number of nitrogens with zero attached hydrogens (tertiary/aromatic N) is 2. The van der Waals surface area contributed by atoms with Gasteiger partial charge in [0, 0.05) is 17.3 Å². The molecule has 2 heterocycles. The van der Waals surface area contributed by atoms with Crippen molar-refractivity contribution in [3.8, 4) is 0 Å². The number of benzene rings is 2. The molecule has 5 nitrogen and oxygen atoms in total. The lowest BCUT2D eigenvalue weighted by Crippen LogP contribution is -2.47. The van der Waals surface area contributed by atoms with Crippen LogP contribution in [-0.4, -0.2) is 42.4 Å². The van der Waals surface area contributed by atoms with Crippen LogP contribution in [0.25, 0.3) is 0 Å². The van der Waals surface area contributed by atoms with Crippen molar-refractivity contribution in [2.45, 2.75) is 31.7 Å². The first-order chi connectivity index (χ1) is 14.0. The van der Waals surface area contributed by atoms with Crippen LogP contribution in [0.5, 0.6) is 0 Å². The maximum absolute atomic E-state index is 13.1. The van der Waals surface area contributed by atoms with Crippen LogP contribution in [0.15, 0.2) is 42.5 Å². The smallest absolute Gasteiger partial charge is 0.241 e. The first-order valence-corrected chi connectivity index (χ1v) is 10.7. The minimum atomic E-state index is -0.342. The molecule has 1 saturated heterocycles. The predicted molar refractivity (Wildman–Crippen MR) is 117 cm³/mol. The Morgan fingerprint density at radius 1 is 1.07 bits per heavy atom. The summed E-state index contributed by atoms with van der Waals surface area (Å²) >= 11 is 12.1. The van der Waals surface area contributed by atoms with Crippen molar-refractivity contribution in [3.05, 3.63) is 58.1 Å². The summed E-state index contributed by atoms with van der Waals surface area (Å²) in [6, 6.07) is 12.7. The van der Waals surface area contributed by atoms with Crippen LogP contribution < -0.4 is 10.2 Å². The van der Waals surface area contributed by atoms with Crippen molar-refractivity contribution in [1.29, 1.82) is 0 Å². The average molecular weight is 432 g/mol. The summed E-state index contributed by atoms with van der Waals surface area (Å²) in [4.78, 5) is 29.7. The van der Waals surface area contributed by atoms with Crippen molar-refractivity contribution >= 4 is 46.4 Å². The lowest BCUT2D eigenvalue weighted by Gasteiger charge is -2.32. The number of anilines is 2. The number of halogens is 2. The molecule has 0 spiro atoms. The van der Waals surface area contributed by atoms with Crippen LogP contribution in [0, 0.1) is 0 Å². The molecule has 2 amide bonds. The number of amides is 2. The summed E-state index contributed by atoms with van der Waals surface area (Å²) in [5.74, 6) is -0.0973. The Bertz CT molecular complexity index is 934. The van der Waals surface area contributed by atoms with Gasteiger partial charge in [-0.2, -0.15) is 0 Å². The number of aryl methyl sites for hydroxylation is 1. The van der Waals surface area contributed by atoms with Crippen molar-refractivity contribution < 1.29 is 9.59 Å². The number of rotatable bonds is 4. The highest BCUT2D eigenvalue weighted by molar-refractivity contribution is 6.36. The molecule has 1 unspecified atom stereocenters. The third-order valence-corrected chi connectivity index (χ3v) is 6.15. The number of carbonyl (C=O) groups excluding carboxylic acids is 2. The molecule has 0 bridgehead atoms. The minimum absolute atomic E-state index is 0.0429. The largest absolute Gasteiger partial charge is 0.323 e. The number of fused-ring (bicyclic) bond motifs is 1. The number of carbonyl (C=O) groups is 2. The average Bonchev–Trinajstić information content (AvgIpc) is 3.17. The Balaban J connectivity index is 1.43. The number of hydrogen-bond donors (Lipinski definition) is 1. The van der Waals surface area contributed by atoms with Crippen LogP contribution >= 0.6 is 23.2 Å². The van der Waals surface area contributed by atoms with Gasteiger partial charge < -0.3 is 10.2 Å². The third kappa shape index (κ3) is 4.42. The second-order valence-electron chi connectivity index (χ2n) is 7.52. The van der Waals surface area contributed by atoms with E-state index in [1.165, 1.54) is 5.56 Å². The lowest BCUT2D eigenvalue weighted by atomic mass is 10.0. The Kier molecular flexibility index (Phi) is 6.09. The normalized spacial score (nSPS) is 19.1. The van der Waals surface area contributed by atoms with Gasteiger partial charge >= 0.3 is 0 Å². The molecule has 2 aromatic rings. The first kappa shape index (κ1) is 20.2. The van der Waals surface area contributed by atoms with Crippen LogP contribution in [0.4, 0.5) is 11.4 Å². The van der Waals surface area contributed by atoms with Gasteiger partial charge in [-0.05, 0) is 62.1 Å². The summed E-state index contributed by atoms with van der Waals surface area (Å²) in [5, 5.41) is 3.80. The van der Waals surface area contributed by atoms with Gasteiger partial charge in [-0.25, -0.2) is 0 Å². The molecule has 7 heteroatoms. The van der Waals surface area contributed by atoms with Crippen LogP contribution in [0.1, 0.15) is 24.8 Å². The van der Waals surface area contributed by atoms with Crippen molar-refractivity contribution in [2.24, 2.45) is 0 Å². The Morgan fingerprint density at radius 3 is 2.72 bits per heavy atom. The quantitative estimate of drug-likeness (QED) is 0.781. The summed E-state index contributed by atoms with van der Waals surface area (Å²) in [5.41, 5.74) is 2.74. The molecule has 2 aliphatic heterocycles. The van der Waals surface area contributed by atoms with E-state index in [1.807, 2.05) is 28.0 Å². The molecule has 2 aliphatic rings. The SMILES string of the molecule is O=C(Nc1ccc(Cl)cc1Cl)C1CCCN1CC(=O)N1CCCc2ccccc21. The Hall–Kier alpha value is -2.08. The number of para-hydroxylation sites is 1. The molecule has 0 saturated carbocycles. The fourth-order valence-corrected chi connectivity index (χ4v) is 4.63. The highest BCUT2D eigenvalue weighted by Crippen LogP contribution is 2.29. The highest BCUT2D eigenvalue weighted by Gasteiger charge is 2.34. The van der Waals surface area contributed by atoms with Crippen molar-refractivity contribution in [3.63, 3.8) is 0 Å². The fourth-order valence-electron chi connectivity index (χ4n) is 4.17. The van der Waals surface area contributed by atoms with Gasteiger partial charge in [0.2, 0.25) is 11.8 Å². The summed E-state index contributed by atoms with van der Waals surface area (Å²) in [6.45, 7) is 1.69. The molecule has 4 rings (SSSR count). The van der Waals surface area contributed by atoms with E-state index in [1.54, 1.807) is 18.2 Å². The van der Waals surface area contributed by atoms with E-state index in [9.17, 15) is 9.59 Å². The highest BCUT2D eigenvalue weighted by atomic mass is 35.5. The van der Waals surface area contributed by atoms with Crippen LogP contribution in [0.3, 0.4) is 0 Å². The van der Waals surface area contributed by atoms with Gasteiger partial charge in [-0.3, -0.25) is 14.5 Å². The van der Waals surface area contributed by atoms with Crippen molar-refractivity contribution in [1.82, 2.24) is 4.90 Å². The van der Waals surface area contributed by atoms with Gasteiger partial charge in [0.15, 0.2) is 0 Å². The summed E-state index contributed by atoms with van der Waals surface area (Å²) in [6.07, 6.45) is 3.56. The molecule has 1 fully saturated rings. The lowest BCUT2D eigenvalue weighted by molar-refractivity contribution is -0.123. The molecule has 0 aromatic heterocycles. The second kappa shape index (κ2) is 8.74. The number of likely N-dealkylation sites (tertiary alicyclic amines) is 1. The van der Waals surface area contributed by atoms with E-state index in [4.69, 9.17) is 23.2 Å². The zero-order valence-electron chi connectivity index (χ0n) is 16.0. The summed E-state index contributed by atoms with van der Waals surface area (Å²) < 4.78 is 0. The number of nitrogens with one attached hydrogen (secondary N) is 1. The third-order valence-electron chi connectivity index (χ3n) is 5.60. The minimum Gasteiger partial charge on any atom is -0.323 e. The summed E-state index contributed by atoms with van der Waals surface area (Å²) in [7, 11) is 0. The maximum atomic E-state index is 13.1. The zero-order valence-corrected chi connectivity index (χ0v) is 17.5. The Labute approximate surface area is 180 Å². The molecule has 152 valence electrons. The molecule has 0 aliphatic carbocycles. The van der Waals surface area contributed by atoms with E-state index < -0.39 is 0 Å². The Morgan fingerprint density at radius 2 is 1.90 bits per heavy atom. The number of hydrogen-bond acceptors (Lipinski definition) is 3. The van der Waals surface area contributed by atoms with Gasteiger partial charge in [0.25, 0.3) is 0 Å². The first-order valence-electron chi connectivity index (χ1n) is 9.91. The van der Waals surface area contributed by atoms with Crippen molar-refractivity contribution in [2.75, 3.05) is 29.9 Å².